The molecule has 3 heteroatoms. The highest BCUT2D eigenvalue weighted by Crippen LogP contribution is 2.47. The molecule has 0 saturated heterocycles. The van der Waals surface area contributed by atoms with E-state index in [0.717, 1.165) is 6.04 Å². The first kappa shape index (κ1) is 12.9. The van der Waals surface area contributed by atoms with Gasteiger partial charge >= 0.3 is 0 Å². The summed E-state index contributed by atoms with van der Waals surface area (Å²) >= 11 is 5.60. The van der Waals surface area contributed by atoms with Gasteiger partial charge in [-0.25, -0.2) is 0 Å². The van der Waals surface area contributed by atoms with Gasteiger partial charge in [0.15, 0.2) is 0 Å². The lowest BCUT2D eigenvalue weighted by Crippen LogP contribution is -2.38. The van der Waals surface area contributed by atoms with E-state index in [-0.39, 0.29) is 0 Å². The molecular formula is C11H22BrNS. The number of alkyl halides is 1. The van der Waals surface area contributed by atoms with Crippen LogP contribution in [0.5, 0.6) is 0 Å². The van der Waals surface area contributed by atoms with Gasteiger partial charge in [0.25, 0.3) is 0 Å². The van der Waals surface area contributed by atoms with E-state index >= 15 is 0 Å². The molecule has 1 aliphatic carbocycles. The van der Waals surface area contributed by atoms with Crippen molar-refractivity contribution in [2.75, 3.05) is 30.9 Å². The maximum atomic E-state index is 3.64. The minimum atomic E-state index is 0.626. The first-order valence-corrected chi connectivity index (χ1v) is 7.94. The highest BCUT2D eigenvalue weighted by molar-refractivity contribution is 9.09. The van der Waals surface area contributed by atoms with Gasteiger partial charge in [0.2, 0.25) is 0 Å². The Bertz CT molecular complexity index is 171. The smallest absolute Gasteiger partial charge is 0.0180 e. The molecule has 0 radical (unpaired) electrons. The van der Waals surface area contributed by atoms with Crippen LogP contribution in [0.25, 0.3) is 0 Å². The summed E-state index contributed by atoms with van der Waals surface area (Å²) in [7, 11) is 2.28. The van der Waals surface area contributed by atoms with E-state index in [1.165, 1.54) is 36.9 Å². The van der Waals surface area contributed by atoms with Crippen LogP contribution in [-0.2, 0) is 0 Å². The summed E-state index contributed by atoms with van der Waals surface area (Å²) in [4.78, 5) is 2.56. The third-order valence-electron chi connectivity index (χ3n) is 3.28. The zero-order valence-corrected chi connectivity index (χ0v) is 12.0. The number of thioether (sulfide) groups is 1. The molecule has 0 aliphatic heterocycles. The molecule has 1 atom stereocenters. The van der Waals surface area contributed by atoms with Gasteiger partial charge in [-0.1, -0.05) is 22.9 Å². The fraction of sp³-hybridized carbons (Fsp3) is 1.00. The number of hydrogen-bond donors (Lipinski definition) is 0. The van der Waals surface area contributed by atoms with Crippen molar-refractivity contribution in [3.05, 3.63) is 0 Å². The van der Waals surface area contributed by atoms with E-state index < -0.39 is 0 Å². The minimum absolute atomic E-state index is 0.626. The zero-order chi connectivity index (χ0) is 10.6. The third-order valence-corrected chi connectivity index (χ3v) is 5.19. The Morgan fingerprint density at radius 1 is 1.50 bits per heavy atom. The molecular weight excluding hydrogens is 258 g/mol. The second kappa shape index (κ2) is 5.76. The molecule has 1 aliphatic rings. The van der Waals surface area contributed by atoms with Gasteiger partial charge in [-0.05, 0) is 38.0 Å². The maximum Gasteiger partial charge on any atom is 0.0180 e. The van der Waals surface area contributed by atoms with Crippen LogP contribution in [0.4, 0.5) is 0 Å². The SMILES string of the molecule is CCC(CSC)N(C)CC1(CBr)CC1. The second-order valence-corrected chi connectivity index (χ2v) is 6.04. The number of nitrogens with zero attached hydrogens (tertiary/aromatic N) is 1. The third kappa shape index (κ3) is 3.42. The van der Waals surface area contributed by atoms with Gasteiger partial charge in [0.05, 0.1) is 0 Å². The van der Waals surface area contributed by atoms with Crippen LogP contribution >= 0.6 is 27.7 Å². The van der Waals surface area contributed by atoms with Gasteiger partial charge in [-0.15, -0.1) is 0 Å². The summed E-state index contributed by atoms with van der Waals surface area (Å²) in [6, 6.07) is 0.765. The predicted octanol–water partition coefficient (Wildman–Crippen LogP) is 3.23. The molecule has 0 N–H and O–H groups in total. The first-order valence-electron chi connectivity index (χ1n) is 5.42. The van der Waals surface area contributed by atoms with Gasteiger partial charge < -0.3 is 4.90 Å². The second-order valence-electron chi connectivity index (χ2n) is 4.57. The van der Waals surface area contributed by atoms with E-state index in [0.29, 0.717) is 5.41 Å². The van der Waals surface area contributed by atoms with Crippen LogP contribution in [0.15, 0.2) is 0 Å². The molecule has 0 heterocycles. The highest BCUT2D eigenvalue weighted by atomic mass is 79.9. The van der Waals surface area contributed by atoms with E-state index in [4.69, 9.17) is 0 Å². The molecule has 0 spiro atoms. The van der Waals surface area contributed by atoms with Crippen molar-refractivity contribution < 1.29 is 0 Å². The number of hydrogen-bond acceptors (Lipinski definition) is 2. The Balaban J connectivity index is 2.35. The predicted molar refractivity (Wildman–Crippen MR) is 70.6 cm³/mol. The van der Waals surface area contributed by atoms with Crippen LogP contribution in [0.1, 0.15) is 26.2 Å². The van der Waals surface area contributed by atoms with Crippen molar-refractivity contribution in [3.63, 3.8) is 0 Å². The maximum absolute atomic E-state index is 3.64. The summed E-state index contributed by atoms with van der Waals surface area (Å²) in [5.74, 6) is 1.27. The summed E-state index contributed by atoms with van der Waals surface area (Å²) in [5.41, 5.74) is 0.626. The Hall–Kier alpha value is 0.790. The average molecular weight is 280 g/mol. The average Bonchev–Trinajstić information content (AvgIpc) is 2.94. The van der Waals surface area contributed by atoms with Crippen molar-refractivity contribution in [2.24, 2.45) is 5.41 Å². The summed E-state index contributed by atoms with van der Waals surface area (Å²) < 4.78 is 0. The van der Waals surface area contributed by atoms with Crippen LogP contribution in [0, 0.1) is 5.41 Å². The van der Waals surface area contributed by atoms with Crippen molar-refractivity contribution in [1.82, 2.24) is 4.90 Å². The lowest BCUT2D eigenvalue weighted by molar-refractivity contribution is 0.216. The molecule has 1 fully saturated rings. The standard InChI is InChI=1S/C11H22BrNS/c1-4-10(7-14-3)13(2)9-11(8-12)5-6-11/h10H,4-9H2,1-3H3. The monoisotopic (exact) mass is 279 g/mol. The topological polar surface area (TPSA) is 3.24 Å². The molecule has 0 amide bonds. The summed E-state index contributed by atoms with van der Waals surface area (Å²) in [6.07, 6.45) is 6.31. The van der Waals surface area contributed by atoms with Crippen molar-refractivity contribution >= 4 is 27.7 Å². The zero-order valence-electron chi connectivity index (χ0n) is 9.55. The number of halogens is 1. The highest BCUT2D eigenvalue weighted by Gasteiger charge is 2.42. The van der Waals surface area contributed by atoms with Gasteiger partial charge in [0.1, 0.15) is 0 Å². The molecule has 1 saturated carbocycles. The molecule has 1 rings (SSSR count). The number of rotatable bonds is 7. The molecule has 1 nitrogen and oxygen atoms in total. The van der Waals surface area contributed by atoms with Crippen LogP contribution in [-0.4, -0.2) is 41.9 Å². The fourth-order valence-corrected chi connectivity index (χ4v) is 3.53. The lowest BCUT2D eigenvalue weighted by Gasteiger charge is -2.29. The van der Waals surface area contributed by atoms with Gasteiger partial charge in [-0.3, -0.25) is 0 Å². The van der Waals surface area contributed by atoms with E-state index in [9.17, 15) is 0 Å². The quantitative estimate of drug-likeness (QED) is 0.659. The molecule has 14 heavy (non-hydrogen) atoms. The Kier molecular flexibility index (Phi) is 5.29. The molecule has 0 aromatic carbocycles. The summed E-state index contributed by atoms with van der Waals surface area (Å²) in [5, 5.41) is 1.18. The van der Waals surface area contributed by atoms with E-state index in [2.05, 4.69) is 41.1 Å². The van der Waals surface area contributed by atoms with Crippen molar-refractivity contribution in [1.29, 1.82) is 0 Å². The minimum Gasteiger partial charge on any atom is -0.302 e. The Morgan fingerprint density at radius 2 is 2.14 bits per heavy atom. The Labute approximate surface area is 101 Å². The summed E-state index contributed by atoms with van der Waals surface area (Å²) in [6.45, 7) is 3.57. The lowest BCUT2D eigenvalue weighted by atomic mass is 10.1. The van der Waals surface area contributed by atoms with Crippen molar-refractivity contribution in [2.45, 2.75) is 32.2 Å². The van der Waals surface area contributed by atoms with Crippen LogP contribution < -0.4 is 0 Å². The van der Waals surface area contributed by atoms with Gasteiger partial charge in [0, 0.05) is 23.7 Å². The van der Waals surface area contributed by atoms with Crippen molar-refractivity contribution in [3.8, 4) is 0 Å². The van der Waals surface area contributed by atoms with Crippen LogP contribution in [0.2, 0.25) is 0 Å². The molecule has 84 valence electrons. The molecule has 0 aromatic rings. The van der Waals surface area contributed by atoms with E-state index in [1.807, 2.05) is 11.8 Å². The van der Waals surface area contributed by atoms with Crippen LogP contribution in [0.3, 0.4) is 0 Å². The fourth-order valence-electron chi connectivity index (χ4n) is 1.92. The largest absolute Gasteiger partial charge is 0.302 e. The van der Waals surface area contributed by atoms with E-state index in [1.54, 1.807) is 0 Å². The molecule has 1 unspecified atom stereocenters. The molecule has 0 aromatic heterocycles. The normalized spacial score (nSPS) is 21.2. The van der Waals surface area contributed by atoms with Gasteiger partial charge in [-0.2, -0.15) is 11.8 Å². The first-order chi connectivity index (χ1) is 6.67. The Morgan fingerprint density at radius 3 is 2.50 bits per heavy atom. The molecule has 0 bridgehead atoms.